The second-order valence-electron chi connectivity index (χ2n) is 5.50. The van der Waals surface area contributed by atoms with Gasteiger partial charge in [0.2, 0.25) is 5.91 Å². The van der Waals surface area contributed by atoms with Crippen LogP contribution in [-0.4, -0.2) is 37.5 Å². The van der Waals surface area contributed by atoms with Crippen molar-refractivity contribution >= 4 is 16.7 Å². The highest BCUT2D eigenvalue weighted by Gasteiger charge is 2.27. The summed E-state index contributed by atoms with van der Waals surface area (Å²) < 4.78 is 0. The molecule has 3 heteroatoms. The van der Waals surface area contributed by atoms with E-state index in [9.17, 15) is 4.79 Å². The summed E-state index contributed by atoms with van der Waals surface area (Å²) in [7, 11) is 1.91. The Morgan fingerprint density at radius 2 is 1.95 bits per heavy atom. The van der Waals surface area contributed by atoms with Crippen molar-refractivity contribution in [3.63, 3.8) is 0 Å². The number of hydrogen-bond acceptors (Lipinski definition) is 2. The molecule has 1 heterocycles. The average molecular weight is 268 g/mol. The first-order valence-corrected chi connectivity index (χ1v) is 7.18. The van der Waals surface area contributed by atoms with Gasteiger partial charge >= 0.3 is 0 Å². The fraction of sp³-hybridized carbons (Fsp3) is 0.353. The summed E-state index contributed by atoms with van der Waals surface area (Å²) in [5.74, 6) is 0.455. The molecule has 0 saturated carbocycles. The summed E-state index contributed by atoms with van der Waals surface area (Å²) in [5, 5.41) is 5.71. The average Bonchev–Trinajstić information content (AvgIpc) is 2.42. The molecule has 1 N–H and O–H groups in total. The van der Waals surface area contributed by atoms with Crippen LogP contribution in [0.3, 0.4) is 0 Å². The molecule has 104 valence electrons. The molecule has 3 nitrogen and oxygen atoms in total. The first kappa shape index (κ1) is 13.1. The second kappa shape index (κ2) is 5.63. The molecule has 1 aliphatic heterocycles. The lowest BCUT2D eigenvalue weighted by Crippen LogP contribution is -2.51. The minimum atomic E-state index is 0.188. The van der Waals surface area contributed by atoms with Crippen LogP contribution in [0.25, 0.3) is 10.8 Å². The summed E-state index contributed by atoms with van der Waals surface area (Å²) in [6.45, 7) is 2.44. The Kier molecular flexibility index (Phi) is 3.70. The predicted octanol–water partition coefficient (Wildman–Crippen LogP) is 2.06. The van der Waals surface area contributed by atoms with Crippen LogP contribution in [0.15, 0.2) is 42.5 Å². The van der Waals surface area contributed by atoms with E-state index >= 15 is 0 Å². The third kappa shape index (κ3) is 2.54. The molecule has 3 rings (SSSR count). The largest absolute Gasteiger partial charge is 0.345 e. The van der Waals surface area contributed by atoms with Gasteiger partial charge in [-0.1, -0.05) is 42.5 Å². The van der Waals surface area contributed by atoms with Gasteiger partial charge < -0.3 is 10.2 Å². The number of amides is 1. The van der Waals surface area contributed by atoms with Gasteiger partial charge in [-0.3, -0.25) is 4.79 Å². The summed E-state index contributed by atoms with van der Waals surface area (Å²) in [5.41, 5.74) is 1.31. The SMILES string of the molecule is CN(CCc1cccc2ccccc12)C(=O)C1CNC1. The number of rotatable bonds is 4. The zero-order valence-corrected chi connectivity index (χ0v) is 11.8. The van der Waals surface area contributed by atoms with E-state index in [-0.39, 0.29) is 11.8 Å². The van der Waals surface area contributed by atoms with E-state index in [0.717, 1.165) is 26.1 Å². The van der Waals surface area contributed by atoms with Crippen LogP contribution in [0.2, 0.25) is 0 Å². The van der Waals surface area contributed by atoms with Gasteiger partial charge in [-0.15, -0.1) is 0 Å². The minimum absolute atomic E-state index is 0.188. The van der Waals surface area contributed by atoms with E-state index in [2.05, 4.69) is 47.8 Å². The Hall–Kier alpha value is -1.87. The highest BCUT2D eigenvalue weighted by molar-refractivity contribution is 5.85. The summed E-state index contributed by atoms with van der Waals surface area (Å²) in [6.07, 6.45) is 0.906. The van der Waals surface area contributed by atoms with Crippen molar-refractivity contribution in [1.29, 1.82) is 0 Å². The van der Waals surface area contributed by atoms with Gasteiger partial charge in [-0.05, 0) is 22.8 Å². The van der Waals surface area contributed by atoms with Crippen molar-refractivity contribution in [3.05, 3.63) is 48.0 Å². The van der Waals surface area contributed by atoms with E-state index in [1.54, 1.807) is 0 Å². The standard InChI is InChI=1S/C17H20N2O/c1-19(17(20)15-11-18-12-15)10-9-14-7-4-6-13-5-2-3-8-16(13)14/h2-8,15,18H,9-12H2,1H3. The fourth-order valence-corrected chi connectivity index (χ4v) is 2.68. The maximum Gasteiger partial charge on any atom is 0.228 e. The van der Waals surface area contributed by atoms with Crippen LogP contribution >= 0.6 is 0 Å². The number of fused-ring (bicyclic) bond motifs is 1. The number of nitrogens with zero attached hydrogens (tertiary/aromatic N) is 1. The lowest BCUT2D eigenvalue weighted by atomic mass is 10.0. The molecular formula is C17H20N2O. The molecule has 1 amide bonds. The third-order valence-electron chi connectivity index (χ3n) is 4.10. The number of benzene rings is 2. The summed E-state index contributed by atoms with van der Waals surface area (Å²) in [6, 6.07) is 14.8. The van der Waals surface area contributed by atoms with E-state index in [4.69, 9.17) is 0 Å². The number of hydrogen-bond donors (Lipinski definition) is 1. The van der Waals surface area contributed by atoms with Crippen LogP contribution < -0.4 is 5.32 Å². The summed E-state index contributed by atoms with van der Waals surface area (Å²) >= 11 is 0. The molecular weight excluding hydrogens is 248 g/mol. The molecule has 0 radical (unpaired) electrons. The van der Waals surface area contributed by atoms with E-state index in [0.29, 0.717) is 0 Å². The highest BCUT2D eigenvalue weighted by Crippen LogP contribution is 2.19. The van der Waals surface area contributed by atoms with Gasteiger partial charge in [-0.2, -0.15) is 0 Å². The highest BCUT2D eigenvalue weighted by atomic mass is 16.2. The van der Waals surface area contributed by atoms with Crippen LogP contribution in [0.5, 0.6) is 0 Å². The molecule has 1 saturated heterocycles. The van der Waals surface area contributed by atoms with Gasteiger partial charge in [0.15, 0.2) is 0 Å². The topological polar surface area (TPSA) is 32.3 Å². The summed E-state index contributed by atoms with van der Waals surface area (Å²) in [4.78, 5) is 14.0. The maximum atomic E-state index is 12.1. The fourth-order valence-electron chi connectivity index (χ4n) is 2.68. The lowest BCUT2D eigenvalue weighted by Gasteiger charge is -2.30. The molecule has 2 aromatic carbocycles. The molecule has 2 aromatic rings. The van der Waals surface area contributed by atoms with Crippen LogP contribution in [0.4, 0.5) is 0 Å². The Morgan fingerprint density at radius 1 is 1.20 bits per heavy atom. The van der Waals surface area contributed by atoms with Crippen molar-refractivity contribution in [2.24, 2.45) is 5.92 Å². The Balaban J connectivity index is 1.69. The molecule has 0 atom stereocenters. The molecule has 0 unspecified atom stereocenters. The third-order valence-corrected chi connectivity index (χ3v) is 4.10. The van der Waals surface area contributed by atoms with Gasteiger partial charge in [0, 0.05) is 26.7 Å². The van der Waals surface area contributed by atoms with E-state index < -0.39 is 0 Å². The van der Waals surface area contributed by atoms with Crippen LogP contribution in [-0.2, 0) is 11.2 Å². The number of carbonyl (C=O) groups excluding carboxylic acids is 1. The monoisotopic (exact) mass is 268 g/mol. The van der Waals surface area contributed by atoms with Gasteiger partial charge in [-0.25, -0.2) is 0 Å². The molecule has 0 bridgehead atoms. The van der Waals surface area contributed by atoms with Crippen molar-refractivity contribution in [2.75, 3.05) is 26.7 Å². The molecule has 1 aliphatic rings. The number of likely N-dealkylation sites (N-methyl/N-ethyl adjacent to an activating group) is 1. The molecule has 0 aromatic heterocycles. The van der Waals surface area contributed by atoms with Crippen LogP contribution in [0, 0.1) is 5.92 Å². The van der Waals surface area contributed by atoms with E-state index in [1.807, 2.05) is 11.9 Å². The van der Waals surface area contributed by atoms with Gasteiger partial charge in [0.1, 0.15) is 0 Å². The zero-order valence-electron chi connectivity index (χ0n) is 11.8. The normalized spacial score (nSPS) is 15.1. The zero-order chi connectivity index (χ0) is 13.9. The quantitative estimate of drug-likeness (QED) is 0.920. The van der Waals surface area contributed by atoms with E-state index in [1.165, 1.54) is 16.3 Å². The first-order chi connectivity index (χ1) is 9.75. The van der Waals surface area contributed by atoms with Crippen LogP contribution in [0.1, 0.15) is 5.56 Å². The predicted molar refractivity (Wildman–Crippen MR) is 81.6 cm³/mol. The van der Waals surface area contributed by atoms with Crippen molar-refractivity contribution in [3.8, 4) is 0 Å². The first-order valence-electron chi connectivity index (χ1n) is 7.18. The molecule has 0 spiro atoms. The maximum absolute atomic E-state index is 12.1. The smallest absolute Gasteiger partial charge is 0.228 e. The second-order valence-corrected chi connectivity index (χ2v) is 5.50. The van der Waals surface area contributed by atoms with Crippen molar-refractivity contribution in [1.82, 2.24) is 10.2 Å². The van der Waals surface area contributed by atoms with Crippen molar-refractivity contribution in [2.45, 2.75) is 6.42 Å². The number of nitrogens with one attached hydrogen (secondary N) is 1. The molecule has 0 aliphatic carbocycles. The van der Waals surface area contributed by atoms with Gasteiger partial charge in [0.25, 0.3) is 0 Å². The minimum Gasteiger partial charge on any atom is -0.345 e. The Morgan fingerprint density at radius 3 is 2.70 bits per heavy atom. The number of carbonyl (C=O) groups is 1. The van der Waals surface area contributed by atoms with Gasteiger partial charge in [0.05, 0.1) is 5.92 Å². The van der Waals surface area contributed by atoms with Crippen molar-refractivity contribution < 1.29 is 4.79 Å². The lowest BCUT2D eigenvalue weighted by molar-refractivity contribution is -0.135. The Labute approximate surface area is 119 Å². The molecule has 1 fully saturated rings. The Bertz CT molecular complexity index is 614. The molecule has 20 heavy (non-hydrogen) atoms.